The summed E-state index contributed by atoms with van der Waals surface area (Å²) in [5.74, 6) is 0. The van der Waals surface area contributed by atoms with Crippen LogP contribution in [0.3, 0.4) is 0 Å². The summed E-state index contributed by atoms with van der Waals surface area (Å²) in [6.07, 6.45) is 0.203. The van der Waals surface area contributed by atoms with Crippen molar-refractivity contribution in [3.05, 3.63) is 29.8 Å². The van der Waals surface area contributed by atoms with Gasteiger partial charge in [0.25, 0.3) is 0 Å². The van der Waals surface area contributed by atoms with Gasteiger partial charge in [0.1, 0.15) is 0 Å². The van der Waals surface area contributed by atoms with Crippen molar-refractivity contribution in [1.29, 1.82) is 0 Å². The van der Waals surface area contributed by atoms with Gasteiger partial charge in [-0.25, -0.2) is 4.18 Å². The molecule has 0 fully saturated rings. The molecule has 1 N–H and O–H groups in total. The van der Waals surface area contributed by atoms with Crippen molar-refractivity contribution in [2.45, 2.75) is 6.42 Å². The molecule has 0 radical (unpaired) electrons. The van der Waals surface area contributed by atoms with Crippen LogP contribution in [0.5, 0.6) is 0 Å². The summed E-state index contributed by atoms with van der Waals surface area (Å²) in [5.41, 5.74) is 0.878. The summed E-state index contributed by atoms with van der Waals surface area (Å²) in [4.78, 5) is 0. The van der Waals surface area contributed by atoms with Crippen LogP contribution >= 0.6 is 0 Å². The zero-order valence-electron chi connectivity index (χ0n) is 8.48. The van der Waals surface area contributed by atoms with E-state index in [1.54, 1.807) is 12.1 Å². The van der Waals surface area contributed by atoms with Gasteiger partial charge in [-0.3, -0.25) is 4.55 Å². The van der Waals surface area contributed by atoms with Crippen molar-refractivity contribution < 1.29 is 25.6 Å². The molecule has 94 valence electrons. The molecule has 0 aromatic heterocycles. The van der Waals surface area contributed by atoms with E-state index in [0.29, 0.717) is 5.56 Å². The van der Waals surface area contributed by atoms with Gasteiger partial charge in [0.2, 0.25) is 0 Å². The van der Waals surface area contributed by atoms with E-state index in [1.807, 2.05) is 0 Å². The predicted molar refractivity (Wildman–Crippen MR) is 58.7 cm³/mol. The zero-order chi connectivity index (χ0) is 12.9. The Morgan fingerprint density at radius 3 is 2.65 bits per heavy atom. The van der Waals surface area contributed by atoms with Crippen LogP contribution in [-0.4, -0.2) is 28.0 Å². The lowest BCUT2D eigenvalue weighted by Gasteiger charge is -2.01. The number of rotatable bonds is 5. The molecule has 1 aromatic rings. The van der Waals surface area contributed by atoms with Crippen LogP contribution in [0.4, 0.5) is 5.69 Å². The van der Waals surface area contributed by atoms with E-state index in [4.69, 9.17) is 4.55 Å². The SMILES string of the molecule is O=S(=O)=Nc1cccc(CCOS(=O)(=O)O)c1. The largest absolute Gasteiger partial charge is 0.397 e. The third-order valence-corrected chi connectivity index (χ3v) is 2.54. The lowest BCUT2D eigenvalue weighted by molar-refractivity contribution is 0.272. The summed E-state index contributed by atoms with van der Waals surface area (Å²) in [6, 6.07) is 6.20. The van der Waals surface area contributed by atoms with Crippen LogP contribution in [0.15, 0.2) is 28.6 Å². The fourth-order valence-corrected chi connectivity index (χ4v) is 1.70. The fraction of sp³-hybridized carbons (Fsp3) is 0.250. The normalized spacial score (nSPS) is 11.1. The Labute approximate surface area is 99.7 Å². The molecule has 0 spiro atoms. The molecule has 0 aliphatic carbocycles. The van der Waals surface area contributed by atoms with Gasteiger partial charge in [0.15, 0.2) is 0 Å². The van der Waals surface area contributed by atoms with Crippen molar-refractivity contribution in [2.24, 2.45) is 4.36 Å². The average Bonchev–Trinajstić information content (AvgIpc) is 2.15. The van der Waals surface area contributed by atoms with Gasteiger partial charge in [-0.1, -0.05) is 12.1 Å². The van der Waals surface area contributed by atoms with Crippen molar-refractivity contribution in [2.75, 3.05) is 6.61 Å². The minimum Gasteiger partial charge on any atom is -0.264 e. The minimum absolute atomic E-state index is 0.203. The molecule has 0 heterocycles. The third kappa shape index (κ3) is 6.12. The Kier molecular flexibility index (Phi) is 4.75. The zero-order valence-corrected chi connectivity index (χ0v) is 10.1. The van der Waals surface area contributed by atoms with Gasteiger partial charge in [0.05, 0.1) is 12.3 Å². The Bertz CT molecular complexity index is 611. The molecule has 17 heavy (non-hydrogen) atoms. The fourth-order valence-electron chi connectivity index (χ4n) is 1.12. The quantitative estimate of drug-likeness (QED) is 0.796. The van der Waals surface area contributed by atoms with E-state index >= 15 is 0 Å². The Morgan fingerprint density at radius 2 is 2.06 bits per heavy atom. The summed E-state index contributed by atoms with van der Waals surface area (Å²) < 4.78 is 56.9. The number of benzene rings is 1. The van der Waals surface area contributed by atoms with Crippen molar-refractivity contribution in [1.82, 2.24) is 0 Å². The van der Waals surface area contributed by atoms with Crippen LogP contribution in [0.2, 0.25) is 0 Å². The lowest BCUT2D eigenvalue weighted by atomic mass is 10.1. The number of hydrogen-bond acceptors (Lipinski definition) is 6. The highest BCUT2D eigenvalue weighted by atomic mass is 32.3. The summed E-state index contributed by atoms with van der Waals surface area (Å²) in [7, 11) is -6.98. The first-order chi connectivity index (χ1) is 7.87. The molecule has 0 unspecified atom stereocenters. The van der Waals surface area contributed by atoms with Gasteiger partial charge in [-0.2, -0.15) is 16.8 Å². The van der Waals surface area contributed by atoms with Gasteiger partial charge in [-0.15, -0.1) is 4.36 Å². The van der Waals surface area contributed by atoms with Crippen molar-refractivity contribution >= 4 is 26.6 Å². The van der Waals surface area contributed by atoms with Gasteiger partial charge < -0.3 is 0 Å². The maximum atomic E-state index is 10.3. The van der Waals surface area contributed by atoms with Crippen molar-refractivity contribution in [3.8, 4) is 0 Å². The molecule has 0 saturated carbocycles. The first kappa shape index (κ1) is 13.8. The minimum atomic E-state index is -4.45. The van der Waals surface area contributed by atoms with Crippen LogP contribution in [0.25, 0.3) is 0 Å². The molecule has 0 bridgehead atoms. The molecule has 0 amide bonds. The highest BCUT2D eigenvalue weighted by molar-refractivity contribution is 7.80. The molecular formula is C8H9NO6S2. The number of nitrogens with zero attached hydrogens (tertiary/aromatic N) is 1. The molecule has 0 aliphatic rings. The molecule has 0 atom stereocenters. The second-order valence-corrected chi connectivity index (χ2v) is 4.69. The predicted octanol–water partition coefficient (Wildman–Crippen LogP) is 0.743. The Morgan fingerprint density at radius 1 is 1.35 bits per heavy atom. The summed E-state index contributed by atoms with van der Waals surface area (Å²) in [5, 5.41) is 0. The molecule has 9 heteroatoms. The van der Waals surface area contributed by atoms with Crippen LogP contribution < -0.4 is 0 Å². The van der Waals surface area contributed by atoms with Crippen molar-refractivity contribution in [3.63, 3.8) is 0 Å². The monoisotopic (exact) mass is 279 g/mol. The van der Waals surface area contributed by atoms with E-state index in [9.17, 15) is 16.8 Å². The molecular weight excluding hydrogens is 270 g/mol. The third-order valence-electron chi connectivity index (χ3n) is 1.71. The summed E-state index contributed by atoms with van der Waals surface area (Å²) in [6.45, 7) is -0.233. The van der Waals surface area contributed by atoms with Gasteiger partial charge in [-0.05, 0) is 24.1 Å². The molecule has 1 aromatic carbocycles. The lowest BCUT2D eigenvalue weighted by Crippen LogP contribution is -2.06. The molecule has 1 rings (SSSR count). The average molecular weight is 279 g/mol. The van der Waals surface area contributed by atoms with E-state index < -0.39 is 20.9 Å². The Balaban J connectivity index is 2.70. The first-order valence-electron chi connectivity index (χ1n) is 4.39. The molecule has 0 saturated heterocycles. The topological polar surface area (TPSA) is 110 Å². The van der Waals surface area contributed by atoms with Crippen LogP contribution in [0.1, 0.15) is 5.56 Å². The summed E-state index contributed by atoms with van der Waals surface area (Å²) >= 11 is 0. The van der Waals surface area contributed by atoms with E-state index in [2.05, 4.69) is 8.55 Å². The highest BCUT2D eigenvalue weighted by Crippen LogP contribution is 2.14. The standard InChI is InChI=1S/C8H9NO6S2/c10-16(11)9-8-3-1-2-7(6-8)4-5-15-17(12,13)14/h1-3,6H,4-5H2,(H,12,13,14). The van der Waals surface area contributed by atoms with Gasteiger partial charge in [0, 0.05) is 0 Å². The molecule has 7 nitrogen and oxygen atoms in total. The van der Waals surface area contributed by atoms with E-state index in [1.165, 1.54) is 12.1 Å². The maximum absolute atomic E-state index is 10.3. The van der Waals surface area contributed by atoms with E-state index in [0.717, 1.165) is 0 Å². The van der Waals surface area contributed by atoms with Crippen LogP contribution in [-0.2, 0) is 31.5 Å². The van der Waals surface area contributed by atoms with Crippen LogP contribution in [0, 0.1) is 0 Å². The molecule has 0 aliphatic heterocycles. The van der Waals surface area contributed by atoms with E-state index in [-0.39, 0.29) is 18.7 Å². The second-order valence-electron chi connectivity index (χ2n) is 2.98. The van der Waals surface area contributed by atoms with Gasteiger partial charge >= 0.3 is 20.9 Å². The maximum Gasteiger partial charge on any atom is 0.397 e. The Hall–Kier alpha value is -1.29. The second kappa shape index (κ2) is 5.87. The number of hydrogen-bond donors (Lipinski definition) is 1. The smallest absolute Gasteiger partial charge is 0.264 e. The first-order valence-corrected chi connectivity index (χ1v) is 6.78. The highest BCUT2D eigenvalue weighted by Gasteiger charge is 2.04.